The second kappa shape index (κ2) is 7.40. The van der Waals surface area contributed by atoms with E-state index in [1.54, 1.807) is 12.1 Å². The largest absolute Gasteiger partial charge is 0.480 e. The zero-order valence-corrected chi connectivity index (χ0v) is 14.0. The highest BCUT2D eigenvalue weighted by molar-refractivity contribution is 7.94. The lowest BCUT2D eigenvalue weighted by atomic mass is 10.0. The van der Waals surface area contributed by atoms with Crippen LogP contribution in [0.15, 0.2) is 62.6 Å². The van der Waals surface area contributed by atoms with E-state index in [2.05, 4.69) is 5.32 Å². The number of hydrogen-bond acceptors (Lipinski definition) is 6. The lowest BCUT2D eigenvalue weighted by molar-refractivity contribution is -0.134. The molecule has 0 radical (unpaired) electrons. The summed E-state index contributed by atoms with van der Waals surface area (Å²) < 4.78 is 17.9. The van der Waals surface area contributed by atoms with Crippen molar-refractivity contribution in [3.8, 4) is 0 Å². The second-order valence-corrected chi connectivity index (χ2v) is 5.97. The number of anilines is 1. The van der Waals surface area contributed by atoms with Crippen LogP contribution >= 0.6 is 12.1 Å². The Morgan fingerprint density at radius 2 is 1.88 bits per heavy atom. The van der Waals surface area contributed by atoms with E-state index in [-0.39, 0.29) is 41.1 Å². The highest BCUT2D eigenvalue weighted by Crippen LogP contribution is 2.25. The van der Waals surface area contributed by atoms with Gasteiger partial charge in [0, 0.05) is 21.5 Å². The van der Waals surface area contributed by atoms with Crippen molar-refractivity contribution in [3.05, 3.63) is 70.1 Å². The molecule has 1 aromatic heterocycles. The van der Waals surface area contributed by atoms with Crippen LogP contribution in [0, 0.1) is 0 Å². The first-order valence-corrected chi connectivity index (χ1v) is 8.17. The maximum Gasteiger partial charge on any atom is 0.347 e. The van der Waals surface area contributed by atoms with E-state index in [9.17, 15) is 18.3 Å². The average molecular weight is 373 g/mol. The third-order valence-electron chi connectivity index (χ3n) is 3.64. The number of nitrogens with one attached hydrogen (secondary N) is 1. The van der Waals surface area contributed by atoms with Crippen LogP contribution in [0.1, 0.15) is 15.9 Å². The summed E-state index contributed by atoms with van der Waals surface area (Å²) in [6.07, 6.45) is 0. The van der Waals surface area contributed by atoms with Gasteiger partial charge in [-0.15, -0.1) is 0 Å². The van der Waals surface area contributed by atoms with Crippen LogP contribution in [0.2, 0.25) is 0 Å². The molecule has 132 valence electrons. The number of para-hydroxylation sites is 1. The fraction of sp³-hybridized carbons (Fsp3) is 0.0556. The fourth-order valence-electron chi connectivity index (χ4n) is 2.46. The topological polar surface area (TPSA) is 96.6 Å². The Kier molecular flexibility index (Phi) is 5.04. The highest BCUT2D eigenvalue weighted by Gasteiger charge is 2.19. The maximum absolute atomic E-state index is 12.8. The molecule has 0 fully saturated rings. The molecule has 0 aliphatic rings. The summed E-state index contributed by atoms with van der Waals surface area (Å²) in [4.78, 5) is 36.1. The van der Waals surface area contributed by atoms with Gasteiger partial charge in [0.25, 0.3) is 0 Å². The summed E-state index contributed by atoms with van der Waals surface area (Å²) >= 11 is 0.0399. The van der Waals surface area contributed by atoms with E-state index in [4.69, 9.17) is 9.52 Å². The lowest BCUT2D eigenvalue weighted by Gasteiger charge is -2.09. The minimum atomic E-state index is -1.09. The van der Waals surface area contributed by atoms with Crippen LogP contribution < -0.4 is 10.9 Å². The molecule has 3 aromatic rings. The van der Waals surface area contributed by atoms with Crippen LogP contribution in [0.3, 0.4) is 0 Å². The van der Waals surface area contributed by atoms with E-state index >= 15 is 0 Å². The molecule has 8 heteroatoms. The van der Waals surface area contributed by atoms with Crippen molar-refractivity contribution in [3.63, 3.8) is 0 Å². The molecule has 3 rings (SSSR count). The first-order chi connectivity index (χ1) is 12.5. The van der Waals surface area contributed by atoms with Gasteiger partial charge in [-0.25, -0.2) is 4.79 Å². The molecular weight excluding hydrogens is 361 g/mol. The highest BCUT2D eigenvalue weighted by atomic mass is 32.2. The second-order valence-electron chi connectivity index (χ2n) is 5.35. The molecular formula is C18H12FNO5S. The number of benzene rings is 2. The zero-order valence-electron chi connectivity index (χ0n) is 13.2. The minimum absolute atomic E-state index is 0.0399. The number of carboxylic acids is 1. The quantitative estimate of drug-likeness (QED) is 0.504. The summed E-state index contributed by atoms with van der Waals surface area (Å²) in [5, 5.41) is 11.8. The Morgan fingerprint density at radius 1 is 1.12 bits per heavy atom. The predicted octanol–water partition coefficient (Wildman–Crippen LogP) is 3.50. The molecule has 0 spiro atoms. The molecule has 2 N–H and O–H groups in total. The number of rotatable bonds is 6. The van der Waals surface area contributed by atoms with Crippen molar-refractivity contribution < 1.29 is 23.0 Å². The van der Waals surface area contributed by atoms with E-state index in [0.29, 0.717) is 10.3 Å². The molecule has 0 aliphatic heterocycles. The van der Waals surface area contributed by atoms with Crippen LogP contribution in [0.25, 0.3) is 11.0 Å². The van der Waals surface area contributed by atoms with Crippen molar-refractivity contribution >= 4 is 40.6 Å². The van der Waals surface area contributed by atoms with Gasteiger partial charge in [0.1, 0.15) is 17.7 Å². The van der Waals surface area contributed by atoms with E-state index in [0.717, 1.165) is 0 Å². The molecule has 1 heterocycles. The maximum atomic E-state index is 12.8. The van der Waals surface area contributed by atoms with Crippen LogP contribution in [-0.2, 0) is 4.79 Å². The number of fused-ring (bicyclic) bond motifs is 1. The van der Waals surface area contributed by atoms with Gasteiger partial charge in [0.15, 0.2) is 0 Å². The SMILES string of the molecule is O=C(O)CNc1ccccc1C(=O)c1cc2cc(SF)ccc2oc1=O. The fourth-order valence-corrected chi connectivity index (χ4v) is 2.75. The average Bonchev–Trinajstić information content (AvgIpc) is 2.65. The summed E-state index contributed by atoms with van der Waals surface area (Å²) in [5.41, 5.74) is -0.384. The monoisotopic (exact) mass is 373 g/mol. The molecule has 0 atom stereocenters. The van der Waals surface area contributed by atoms with Crippen LogP contribution in [0.4, 0.5) is 9.57 Å². The Morgan fingerprint density at radius 3 is 2.62 bits per heavy atom. The van der Waals surface area contributed by atoms with E-state index < -0.39 is 17.4 Å². The van der Waals surface area contributed by atoms with Gasteiger partial charge in [-0.1, -0.05) is 12.1 Å². The molecule has 0 saturated heterocycles. The zero-order chi connectivity index (χ0) is 18.7. The Hall–Kier alpha value is -3.13. The predicted molar refractivity (Wildman–Crippen MR) is 95.4 cm³/mol. The smallest absolute Gasteiger partial charge is 0.347 e. The lowest BCUT2D eigenvalue weighted by Crippen LogP contribution is -2.18. The molecule has 0 saturated carbocycles. The molecule has 6 nitrogen and oxygen atoms in total. The molecule has 2 aromatic carbocycles. The van der Waals surface area contributed by atoms with Gasteiger partial charge in [-0.05, 0) is 36.4 Å². The first kappa shape index (κ1) is 17.7. The standard InChI is InChI=1S/C18H12FNO5S/c19-26-11-5-6-15-10(7-11)8-13(18(24)25-15)17(23)12-3-1-2-4-14(12)20-9-16(21)22/h1-8,20H,9H2,(H,21,22). The summed E-state index contributed by atoms with van der Waals surface area (Å²) in [5.74, 6) is -1.71. The number of hydrogen-bond donors (Lipinski definition) is 2. The van der Waals surface area contributed by atoms with Crippen LogP contribution in [0.5, 0.6) is 0 Å². The van der Waals surface area contributed by atoms with Crippen molar-refractivity contribution in [1.29, 1.82) is 0 Å². The van der Waals surface area contributed by atoms with Gasteiger partial charge in [0.05, 0.1) is 12.1 Å². The number of carbonyl (C=O) groups is 2. The Bertz CT molecular complexity index is 1060. The van der Waals surface area contributed by atoms with Gasteiger partial charge < -0.3 is 14.8 Å². The van der Waals surface area contributed by atoms with Gasteiger partial charge in [-0.3, -0.25) is 9.59 Å². The van der Waals surface area contributed by atoms with Gasteiger partial charge >= 0.3 is 11.6 Å². The molecule has 0 amide bonds. The first-order valence-electron chi connectivity index (χ1n) is 7.45. The summed E-state index contributed by atoms with van der Waals surface area (Å²) in [6.45, 7) is -0.381. The Labute approximate surface area is 150 Å². The third-order valence-corrected chi connectivity index (χ3v) is 4.07. The van der Waals surface area contributed by atoms with E-state index in [1.807, 2.05) is 0 Å². The minimum Gasteiger partial charge on any atom is -0.480 e. The third kappa shape index (κ3) is 3.60. The normalized spacial score (nSPS) is 10.7. The van der Waals surface area contributed by atoms with E-state index in [1.165, 1.54) is 36.4 Å². The number of aliphatic carboxylic acids is 1. The van der Waals surface area contributed by atoms with Gasteiger partial charge in [0.2, 0.25) is 5.78 Å². The summed E-state index contributed by atoms with van der Waals surface area (Å²) in [6, 6.07) is 12.0. The Balaban J connectivity index is 2.06. The van der Waals surface area contributed by atoms with Crippen LogP contribution in [-0.4, -0.2) is 23.4 Å². The molecule has 0 bridgehead atoms. The number of carbonyl (C=O) groups excluding carboxylic acids is 1. The number of carboxylic acid groups (broad SMARTS) is 1. The number of ketones is 1. The molecule has 0 unspecified atom stereocenters. The molecule has 26 heavy (non-hydrogen) atoms. The number of halogens is 1. The van der Waals surface area contributed by atoms with Crippen molar-refractivity contribution in [2.75, 3.05) is 11.9 Å². The molecule has 0 aliphatic carbocycles. The van der Waals surface area contributed by atoms with Gasteiger partial charge in [-0.2, -0.15) is 3.89 Å². The van der Waals surface area contributed by atoms with Crippen molar-refractivity contribution in [2.24, 2.45) is 0 Å². The van der Waals surface area contributed by atoms with Crippen molar-refractivity contribution in [1.82, 2.24) is 0 Å². The van der Waals surface area contributed by atoms with Crippen molar-refractivity contribution in [2.45, 2.75) is 4.90 Å². The summed E-state index contributed by atoms with van der Waals surface area (Å²) in [7, 11) is 0.